The number of hydrogen-bond donors (Lipinski definition) is 1. The highest BCUT2D eigenvalue weighted by Crippen LogP contribution is 2.33. The number of hydrogen-bond acceptors (Lipinski definition) is 3. The van der Waals surface area contributed by atoms with E-state index in [9.17, 15) is 4.79 Å². The first-order chi connectivity index (χ1) is 9.54. The standard InChI is InChI=1S/C16H30N2O2/c1-5-18(10-14-6-8-17-9-7-14)16(19)15-11(2)12(3)20-13(15)4/h11-15,17H,5-10H2,1-4H3. The Morgan fingerprint density at radius 1 is 1.20 bits per heavy atom. The van der Waals surface area contributed by atoms with Crippen molar-refractivity contribution in [1.82, 2.24) is 10.2 Å². The highest BCUT2D eigenvalue weighted by molar-refractivity contribution is 5.80. The van der Waals surface area contributed by atoms with Crippen LogP contribution in [0.2, 0.25) is 0 Å². The topological polar surface area (TPSA) is 41.6 Å². The van der Waals surface area contributed by atoms with Crippen molar-refractivity contribution in [2.45, 2.75) is 52.7 Å². The summed E-state index contributed by atoms with van der Waals surface area (Å²) in [5, 5.41) is 3.39. The number of piperidine rings is 1. The Morgan fingerprint density at radius 2 is 1.85 bits per heavy atom. The molecule has 2 aliphatic rings. The van der Waals surface area contributed by atoms with Crippen LogP contribution in [0.5, 0.6) is 0 Å². The summed E-state index contributed by atoms with van der Waals surface area (Å²) in [7, 11) is 0. The molecule has 116 valence electrons. The van der Waals surface area contributed by atoms with E-state index in [2.05, 4.69) is 31.0 Å². The summed E-state index contributed by atoms with van der Waals surface area (Å²) < 4.78 is 5.83. The van der Waals surface area contributed by atoms with Crippen LogP contribution in [0.1, 0.15) is 40.5 Å². The molecule has 0 radical (unpaired) electrons. The summed E-state index contributed by atoms with van der Waals surface area (Å²) in [4.78, 5) is 14.9. The summed E-state index contributed by atoms with van der Waals surface area (Å²) in [6.07, 6.45) is 2.62. The van der Waals surface area contributed by atoms with Crippen molar-refractivity contribution in [3.8, 4) is 0 Å². The molecule has 0 aromatic carbocycles. The first-order valence-electron chi connectivity index (χ1n) is 8.19. The molecule has 4 nitrogen and oxygen atoms in total. The number of rotatable bonds is 4. The molecule has 0 bridgehead atoms. The Bertz CT molecular complexity index is 328. The highest BCUT2D eigenvalue weighted by atomic mass is 16.5. The van der Waals surface area contributed by atoms with Crippen molar-refractivity contribution < 1.29 is 9.53 Å². The maximum Gasteiger partial charge on any atom is 0.228 e. The Morgan fingerprint density at radius 3 is 2.35 bits per heavy atom. The monoisotopic (exact) mass is 282 g/mol. The lowest BCUT2D eigenvalue weighted by Crippen LogP contribution is -2.44. The van der Waals surface area contributed by atoms with Gasteiger partial charge in [-0.25, -0.2) is 0 Å². The molecule has 2 saturated heterocycles. The minimum atomic E-state index is 0.0339. The Hall–Kier alpha value is -0.610. The van der Waals surface area contributed by atoms with Gasteiger partial charge in [0.05, 0.1) is 18.1 Å². The van der Waals surface area contributed by atoms with Crippen molar-refractivity contribution in [2.24, 2.45) is 17.8 Å². The van der Waals surface area contributed by atoms with Crippen LogP contribution in [0.15, 0.2) is 0 Å². The van der Waals surface area contributed by atoms with E-state index >= 15 is 0 Å². The van der Waals surface area contributed by atoms with E-state index in [-0.39, 0.29) is 18.1 Å². The van der Waals surface area contributed by atoms with Gasteiger partial charge in [-0.3, -0.25) is 4.79 Å². The normalized spacial score (nSPS) is 35.2. The van der Waals surface area contributed by atoms with Gasteiger partial charge in [0.15, 0.2) is 0 Å². The first-order valence-corrected chi connectivity index (χ1v) is 8.19. The van der Waals surface area contributed by atoms with Crippen LogP contribution in [0, 0.1) is 17.8 Å². The van der Waals surface area contributed by atoms with Gasteiger partial charge in [-0.05, 0) is 58.5 Å². The molecule has 1 N–H and O–H groups in total. The summed E-state index contributed by atoms with van der Waals surface area (Å²) in [5.41, 5.74) is 0. The van der Waals surface area contributed by atoms with Crippen LogP contribution in [-0.2, 0) is 9.53 Å². The second-order valence-electron chi connectivity index (χ2n) is 6.50. The zero-order valence-electron chi connectivity index (χ0n) is 13.4. The zero-order valence-corrected chi connectivity index (χ0v) is 13.4. The fourth-order valence-electron chi connectivity index (χ4n) is 3.65. The molecule has 0 aromatic heterocycles. The number of ether oxygens (including phenoxy) is 1. The van der Waals surface area contributed by atoms with Crippen LogP contribution < -0.4 is 5.32 Å². The average Bonchev–Trinajstić information content (AvgIpc) is 2.70. The summed E-state index contributed by atoms with van der Waals surface area (Å²) in [5.74, 6) is 1.31. The predicted octanol–water partition coefficient (Wildman–Crippen LogP) is 1.89. The predicted molar refractivity (Wildman–Crippen MR) is 80.5 cm³/mol. The third-order valence-electron chi connectivity index (χ3n) is 5.16. The van der Waals surface area contributed by atoms with E-state index in [1.807, 2.05) is 6.92 Å². The molecule has 1 amide bonds. The molecular formula is C16H30N2O2. The Labute approximate surface area is 123 Å². The van der Waals surface area contributed by atoms with Gasteiger partial charge in [-0.2, -0.15) is 0 Å². The van der Waals surface area contributed by atoms with Crippen LogP contribution in [-0.4, -0.2) is 49.2 Å². The number of carbonyl (C=O) groups excluding carboxylic acids is 1. The van der Waals surface area contributed by atoms with Crippen LogP contribution in [0.25, 0.3) is 0 Å². The molecular weight excluding hydrogens is 252 g/mol. The SMILES string of the molecule is CCN(CC1CCNCC1)C(=O)C1C(C)OC(C)C1C. The maximum absolute atomic E-state index is 12.8. The minimum Gasteiger partial charge on any atom is -0.374 e. The Kier molecular flexibility index (Phi) is 5.44. The molecule has 2 fully saturated rings. The summed E-state index contributed by atoms with van der Waals surface area (Å²) >= 11 is 0. The van der Waals surface area contributed by atoms with E-state index in [0.29, 0.717) is 17.7 Å². The van der Waals surface area contributed by atoms with Crippen molar-refractivity contribution >= 4 is 5.91 Å². The van der Waals surface area contributed by atoms with Crippen LogP contribution >= 0.6 is 0 Å². The molecule has 2 rings (SSSR count). The fourth-order valence-corrected chi connectivity index (χ4v) is 3.65. The smallest absolute Gasteiger partial charge is 0.228 e. The van der Waals surface area contributed by atoms with Crippen LogP contribution in [0.4, 0.5) is 0 Å². The summed E-state index contributed by atoms with van der Waals surface area (Å²) in [6.45, 7) is 12.3. The van der Waals surface area contributed by atoms with E-state index in [0.717, 1.165) is 26.2 Å². The highest BCUT2D eigenvalue weighted by Gasteiger charge is 2.43. The second-order valence-corrected chi connectivity index (χ2v) is 6.50. The van der Waals surface area contributed by atoms with E-state index in [1.54, 1.807) is 0 Å². The van der Waals surface area contributed by atoms with Crippen molar-refractivity contribution in [1.29, 1.82) is 0 Å². The van der Waals surface area contributed by atoms with Gasteiger partial charge in [-0.15, -0.1) is 0 Å². The van der Waals surface area contributed by atoms with Crippen molar-refractivity contribution in [3.05, 3.63) is 0 Å². The molecule has 0 aromatic rings. The third-order valence-corrected chi connectivity index (χ3v) is 5.16. The lowest BCUT2D eigenvalue weighted by molar-refractivity contribution is -0.138. The lowest BCUT2D eigenvalue weighted by Gasteiger charge is -2.32. The largest absolute Gasteiger partial charge is 0.374 e. The van der Waals surface area contributed by atoms with Gasteiger partial charge in [0.2, 0.25) is 5.91 Å². The fraction of sp³-hybridized carbons (Fsp3) is 0.938. The van der Waals surface area contributed by atoms with Gasteiger partial charge in [0.1, 0.15) is 0 Å². The number of amides is 1. The molecule has 2 heterocycles. The van der Waals surface area contributed by atoms with Gasteiger partial charge in [0.25, 0.3) is 0 Å². The molecule has 2 aliphatic heterocycles. The number of nitrogens with zero attached hydrogens (tertiary/aromatic N) is 1. The first kappa shape index (κ1) is 15.8. The van der Waals surface area contributed by atoms with Crippen molar-refractivity contribution in [3.63, 3.8) is 0 Å². The minimum absolute atomic E-state index is 0.0339. The van der Waals surface area contributed by atoms with E-state index < -0.39 is 0 Å². The molecule has 0 aliphatic carbocycles. The van der Waals surface area contributed by atoms with E-state index in [4.69, 9.17) is 4.74 Å². The molecule has 4 unspecified atom stereocenters. The van der Waals surface area contributed by atoms with E-state index in [1.165, 1.54) is 12.8 Å². The Balaban J connectivity index is 1.97. The molecule has 4 atom stereocenters. The quantitative estimate of drug-likeness (QED) is 0.856. The number of nitrogens with one attached hydrogen (secondary N) is 1. The van der Waals surface area contributed by atoms with Gasteiger partial charge in [-0.1, -0.05) is 6.92 Å². The molecule has 4 heteroatoms. The van der Waals surface area contributed by atoms with Crippen LogP contribution in [0.3, 0.4) is 0 Å². The van der Waals surface area contributed by atoms with Crippen molar-refractivity contribution in [2.75, 3.05) is 26.2 Å². The second kappa shape index (κ2) is 6.90. The maximum atomic E-state index is 12.8. The third kappa shape index (κ3) is 3.34. The lowest BCUT2D eigenvalue weighted by atomic mass is 9.87. The molecule has 0 spiro atoms. The summed E-state index contributed by atoms with van der Waals surface area (Å²) in [6, 6.07) is 0. The zero-order chi connectivity index (χ0) is 14.7. The molecule has 0 saturated carbocycles. The van der Waals surface area contributed by atoms with Gasteiger partial charge < -0.3 is 15.0 Å². The average molecular weight is 282 g/mol. The van der Waals surface area contributed by atoms with Gasteiger partial charge in [0, 0.05) is 13.1 Å². The van der Waals surface area contributed by atoms with Gasteiger partial charge >= 0.3 is 0 Å². The molecule has 20 heavy (non-hydrogen) atoms. The number of carbonyl (C=O) groups is 1.